The van der Waals surface area contributed by atoms with E-state index in [0.717, 1.165) is 18.4 Å². The molecule has 2 amide bonds. The van der Waals surface area contributed by atoms with Crippen LogP contribution in [0.4, 0.5) is 11.4 Å². The van der Waals surface area contributed by atoms with Crippen molar-refractivity contribution in [1.82, 2.24) is 4.31 Å². The Labute approximate surface area is 197 Å². The van der Waals surface area contributed by atoms with E-state index in [0.29, 0.717) is 47.1 Å². The minimum absolute atomic E-state index is 0.166. The predicted octanol–water partition coefficient (Wildman–Crippen LogP) is 4.39. The minimum atomic E-state index is -3.54. The maximum Gasteiger partial charge on any atom is 0.259 e. The van der Waals surface area contributed by atoms with Gasteiger partial charge in [0.2, 0.25) is 10.0 Å². The number of anilines is 2. The van der Waals surface area contributed by atoms with Crippen LogP contribution < -0.4 is 15.4 Å². The lowest BCUT2D eigenvalue weighted by molar-refractivity contribution is 0.101. The molecule has 0 bridgehead atoms. The second kappa shape index (κ2) is 8.58. The summed E-state index contributed by atoms with van der Waals surface area (Å²) in [5.74, 6) is 0.166. The van der Waals surface area contributed by atoms with Crippen molar-refractivity contribution in [2.45, 2.75) is 24.7 Å². The second-order valence-corrected chi connectivity index (χ2v) is 10.3. The SMILES string of the molecule is Cc1ccc2c(c1)NC(=O)c1cc(NC(=O)c3ccc(S(=O)(=O)N4CCCC4)cc3)ccc1O2. The van der Waals surface area contributed by atoms with Crippen molar-refractivity contribution in [3.8, 4) is 11.5 Å². The molecule has 2 aliphatic rings. The summed E-state index contributed by atoms with van der Waals surface area (Å²) in [4.78, 5) is 25.7. The molecule has 0 unspecified atom stereocenters. The van der Waals surface area contributed by atoms with Crippen molar-refractivity contribution in [2.24, 2.45) is 0 Å². The molecule has 34 heavy (non-hydrogen) atoms. The second-order valence-electron chi connectivity index (χ2n) is 8.36. The zero-order valence-corrected chi connectivity index (χ0v) is 19.3. The fourth-order valence-electron chi connectivity index (χ4n) is 4.07. The monoisotopic (exact) mass is 477 g/mol. The largest absolute Gasteiger partial charge is 0.454 e. The van der Waals surface area contributed by atoms with E-state index in [1.54, 1.807) is 24.3 Å². The van der Waals surface area contributed by atoms with Crippen LogP contribution in [0.25, 0.3) is 0 Å². The van der Waals surface area contributed by atoms with Gasteiger partial charge in [-0.15, -0.1) is 0 Å². The third kappa shape index (κ3) is 4.15. The number of nitrogens with one attached hydrogen (secondary N) is 2. The molecule has 2 heterocycles. The summed E-state index contributed by atoms with van der Waals surface area (Å²) in [6.07, 6.45) is 1.71. The van der Waals surface area contributed by atoms with Crippen LogP contribution in [-0.2, 0) is 10.0 Å². The quantitative estimate of drug-likeness (QED) is 0.580. The third-order valence-corrected chi connectivity index (χ3v) is 7.82. The smallest absolute Gasteiger partial charge is 0.259 e. The molecular weight excluding hydrogens is 454 g/mol. The summed E-state index contributed by atoms with van der Waals surface area (Å²) >= 11 is 0. The lowest BCUT2D eigenvalue weighted by atomic mass is 10.1. The first-order valence-corrected chi connectivity index (χ1v) is 12.4. The van der Waals surface area contributed by atoms with Gasteiger partial charge in [-0.3, -0.25) is 9.59 Å². The number of nitrogens with zero attached hydrogens (tertiary/aromatic N) is 1. The van der Waals surface area contributed by atoms with Crippen molar-refractivity contribution in [2.75, 3.05) is 23.7 Å². The van der Waals surface area contributed by atoms with E-state index >= 15 is 0 Å². The third-order valence-electron chi connectivity index (χ3n) is 5.90. The van der Waals surface area contributed by atoms with Crippen molar-refractivity contribution in [3.63, 3.8) is 0 Å². The Morgan fingerprint density at radius 2 is 1.68 bits per heavy atom. The van der Waals surface area contributed by atoms with E-state index in [2.05, 4.69) is 10.6 Å². The Hall–Kier alpha value is -3.69. The molecule has 5 rings (SSSR count). The van der Waals surface area contributed by atoms with Crippen molar-refractivity contribution in [3.05, 3.63) is 77.4 Å². The van der Waals surface area contributed by atoms with Gasteiger partial charge >= 0.3 is 0 Å². The van der Waals surface area contributed by atoms with Gasteiger partial charge in [0.15, 0.2) is 5.75 Å². The highest BCUT2D eigenvalue weighted by Gasteiger charge is 2.27. The molecule has 3 aromatic rings. The molecule has 0 saturated carbocycles. The van der Waals surface area contributed by atoms with Gasteiger partial charge in [-0.05, 0) is 79.9 Å². The molecule has 0 radical (unpaired) electrons. The van der Waals surface area contributed by atoms with Gasteiger partial charge in [-0.25, -0.2) is 8.42 Å². The maximum absolute atomic E-state index is 12.8. The van der Waals surface area contributed by atoms with E-state index < -0.39 is 15.9 Å². The predicted molar refractivity (Wildman–Crippen MR) is 128 cm³/mol. The van der Waals surface area contributed by atoms with Crippen molar-refractivity contribution >= 4 is 33.2 Å². The number of amides is 2. The Morgan fingerprint density at radius 1 is 0.971 bits per heavy atom. The zero-order chi connectivity index (χ0) is 23.9. The fraction of sp³-hybridized carbons (Fsp3) is 0.200. The number of rotatable bonds is 4. The summed E-state index contributed by atoms with van der Waals surface area (Å²) in [6.45, 7) is 2.96. The topological polar surface area (TPSA) is 105 Å². The Morgan fingerprint density at radius 3 is 2.41 bits per heavy atom. The molecule has 9 heteroatoms. The van der Waals surface area contributed by atoms with Crippen LogP contribution >= 0.6 is 0 Å². The van der Waals surface area contributed by atoms with E-state index in [9.17, 15) is 18.0 Å². The summed E-state index contributed by atoms with van der Waals surface area (Å²) in [6, 6.07) is 16.2. The molecule has 8 nitrogen and oxygen atoms in total. The molecule has 0 aromatic heterocycles. The van der Waals surface area contributed by atoms with Gasteiger partial charge < -0.3 is 15.4 Å². The van der Waals surface area contributed by atoms with Gasteiger partial charge in [0.05, 0.1) is 16.1 Å². The van der Waals surface area contributed by atoms with Gasteiger partial charge in [0.1, 0.15) is 5.75 Å². The molecule has 0 atom stereocenters. The van der Waals surface area contributed by atoms with E-state index in [1.807, 2.05) is 19.1 Å². The lowest BCUT2D eigenvalue weighted by Crippen LogP contribution is -2.27. The number of hydrogen-bond donors (Lipinski definition) is 2. The Bertz CT molecular complexity index is 1390. The molecule has 3 aromatic carbocycles. The average Bonchev–Trinajstić information content (AvgIpc) is 3.33. The van der Waals surface area contributed by atoms with Crippen molar-refractivity contribution < 1.29 is 22.7 Å². The van der Waals surface area contributed by atoms with Crippen LogP contribution in [0.15, 0.2) is 65.6 Å². The van der Waals surface area contributed by atoms with Crippen LogP contribution in [0.3, 0.4) is 0 Å². The molecule has 1 saturated heterocycles. The van der Waals surface area contributed by atoms with Gasteiger partial charge in [0.25, 0.3) is 11.8 Å². The number of ether oxygens (including phenoxy) is 1. The van der Waals surface area contributed by atoms with E-state index in [-0.39, 0.29) is 10.8 Å². The highest BCUT2D eigenvalue weighted by Crippen LogP contribution is 2.37. The van der Waals surface area contributed by atoms with E-state index in [1.165, 1.54) is 28.6 Å². The summed E-state index contributed by atoms with van der Waals surface area (Å²) in [5.41, 5.74) is 2.58. The molecule has 0 aliphatic carbocycles. The van der Waals surface area contributed by atoms with E-state index in [4.69, 9.17) is 4.74 Å². The lowest BCUT2D eigenvalue weighted by Gasteiger charge is -2.15. The zero-order valence-electron chi connectivity index (χ0n) is 18.5. The Kier molecular flexibility index (Phi) is 5.59. The normalized spacial score (nSPS) is 15.5. The molecule has 0 spiro atoms. The number of sulfonamides is 1. The number of carbonyl (C=O) groups is 2. The van der Waals surface area contributed by atoms with Crippen molar-refractivity contribution in [1.29, 1.82) is 0 Å². The summed E-state index contributed by atoms with van der Waals surface area (Å²) in [5, 5.41) is 5.60. The Balaban J connectivity index is 1.33. The molecule has 174 valence electrons. The summed E-state index contributed by atoms with van der Waals surface area (Å²) in [7, 11) is -3.54. The van der Waals surface area contributed by atoms with Gasteiger partial charge in [-0.1, -0.05) is 6.07 Å². The molecule has 2 N–H and O–H groups in total. The number of fused-ring (bicyclic) bond motifs is 2. The van der Waals surface area contributed by atoms with Crippen LogP contribution in [0.1, 0.15) is 39.1 Å². The standard InChI is InChI=1S/C25H23N3O5S/c1-16-4-10-23-21(14-16)27-25(30)20-15-18(7-11-22(20)33-23)26-24(29)17-5-8-19(9-6-17)34(31,32)28-12-2-3-13-28/h4-11,14-15H,2-3,12-13H2,1H3,(H,26,29)(H,27,30). The van der Waals surface area contributed by atoms with Crippen LogP contribution in [-0.4, -0.2) is 37.6 Å². The molecule has 2 aliphatic heterocycles. The number of benzene rings is 3. The maximum atomic E-state index is 12.8. The number of carbonyl (C=O) groups excluding carboxylic acids is 2. The first kappa shape index (κ1) is 22.1. The number of aryl methyl sites for hydroxylation is 1. The highest BCUT2D eigenvalue weighted by molar-refractivity contribution is 7.89. The molecular formula is C25H23N3O5S. The minimum Gasteiger partial charge on any atom is -0.454 e. The van der Waals surface area contributed by atoms with Crippen LogP contribution in [0.5, 0.6) is 11.5 Å². The number of hydrogen-bond acceptors (Lipinski definition) is 5. The summed E-state index contributed by atoms with van der Waals surface area (Å²) < 4.78 is 32.7. The van der Waals surface area contributed by atoms with Crippen LogP contribution in [0, 0.1) is 6.92 Å². The van der Waals surface area contributed by atoms with Gasteiger partial charge in [-0.2, -0.15) is 4.31 Å². The fourth-order valence-corrected chi connectivity index (χ4v) is 5.59. The molecule has 1 fully saturated rings. The van der Waals surface area contributed by atoms with Crippen LogP contribution in [0.2, 0.25) is 0 Å². The first-order chi connectivity index (χ1) is 16.3. The highest BCUT2D eigenvalue weighted by atomic mass is 32.2. The van der Waals surface area contributed by atoms with Gasteiger partial charge in [0, 0.05) is 24.3 Å². The average molecular weight is 478 g/mol. The first-order valence-electron chi connectivity index (χ1n) is 11.0.